The maximum absolute atomic E-state index is 13.7. The van der Waals surface area contributed by atoms with Crippen LogP contribution in [0.5, 0.6) is 5.75 Å². The summed E-state index contributed by atoms with van der Waals surface area (Å²) in [4.78, 5) is 1.86. The van der Waals surface area contributed by atoms with Crippen LogP contribution in [0.2, 0.25) is 0 Å². The highest BCUT2D eigenvalue weighted by Gasteiger charge is 2.24. The van der Waals surface area contributed by atoms with Gasteiger partial charge in [0.25, 0.3) is 0 Å². The van der Waals surface area contributed by atoms with Gasteiger partial charge >= 0.3 is 0 Å². The Hall–Kier alpha value is -1.50. The first-order valence-corrected chi connectivity index (χ1v) is 8.42. The molecule has 1 heterocycles. The van der Waals surface area contributed by atoms with E-state index in [1.165, 1.54) is 6.07 Å². The summed E-state index contributed by atoms with van der Waals surface area (Å²) in [6.45, 7) is 3.09. The molecule has 5 nitrogen and oxygen atoms in total. The van der Waals surface area contributed by atoms with Gasteiger partial charge in [-0.25, -0.2) is 12.8 Å². The third-order valence-corrected chi connectivity index (χ3v) is 4.84. The number of halogens is 1. The largest absolute Gasteiger partial charge is 0.490 e. The highest BCUT2D eigenvalue weighted by Crippen LogP contribution is 2.32. The summed E-state index contributed by atoms with van der Waals surface area (Å²) in [6, 6.07) is 2.78. The maximum atomic E-state index is 13.7. The first-order chi connectivity index (χ1) is 9.43. The number of benzene rings is 1. The summed E-state index contributed by atoms with van der Waals surface area (Å²) in [6.07, 6.45) is 0.779. The summed E-state index contributed by atoms with van der Waals surface area (Å²) in [5.41, 5.74) is 6.76. The lowest BCUT2D eigenvalue weighted by molar-refractivity contribution is 0.301. The molecule has 0 amide bonds. The Morgan fingerprint density at radius 1 is 1.35 bits per heavy atom. The van der Waals surface area contributed by atoms with Crippen LogP contribution in [-0.4, -0.2) is 39.6 Å². The van der Waals surface area contributed by atoms with Crippen LogP contribution in [0.1, 0.15) is 13.3 Å². The van der Waals surface area contributed by atoms with Crippen molar-refractivity contribution in [1.29, 1.82) is 0 Å². The molecule has 20 heavy (non-hydrogen) atoms. The van der Waals surface area contributed by atoms with E-state index in [1.54, 1.807) is 6.07 Å². The molecule has 0 bridgehead atoms. The van der Waals surface area contributed by atoms with E-state index in [-0.39, 0.29) is 17.3 Å². The zero-order chi connectivity index (χ0) is 14.8. The number of sulfone groups is 1. The van der Waals surface area contributed by atoms with E-state index in [2.05, 4.69) is 0 Å². The summed E-state index contributed by atoms with van der Waals surface area (Å²) in [7, 11) is -2.96. The van der Waals surface area contributed by atoms with Gasteiger partial charge in [-0.05, 0) is 6.42 Å². The van der Waals surface area contributed by atoms with E-state index in [0.29, 0.717) is 31.1 Å². The number of hydrogen-bond acceptors (Lipinski definition) is 5. The fourth-order valence-electron chi connectivity index (χ4n) is 2.11. The lowest BCUT2D eigenvalue weighted by atomic mass is 10.2. The predicted octanol–water partition coefficient (Wildman–Crippen LogP) is 1.43. The van der Waals surface area contributed by atoms with Gasteiger partial charge in [0, 0.05) is 25.2 Å². The van der Waals surface area contributed by atoms with Crippen LogP contribution in [0.15, 0.2) is 12.1 Å². The second-order valence-corrected chi connectivity index (χ2v) is 7.13. The molecule has 2 rings (SSSR count). The van der Waals surface area contributed by atoms with Crippen molar-refractivity contribution in [2.75, 3.05) is 41.8 Å². The summed E-state index contributed by atoms with van der Waals surface area (Å²) >= 11 is 0. The zero-order valence-corrected chi connectivity index (χ0v) is 12.2. The van der Waals surface area contributed by atoms with Gasteiger partial charge in [0.05, 0.1) is 29.5 Å². The van der Waals surface area contributed by atoms with Gasteiger partial charge in [0.2, 0.25) is 0 Å². The second kappa shape index (κ2) is 5.87. The Morgan fingerprint density at radius 3 is 2.60 bits per heavy atom. The molecule has 1 fully saturated rings. The lowest BCUT2D eigenvalue weighted by Crippen LogP contribution is -2.40. The fourth-order valence-corrected chi connectivity index (χ4v) is 3.31. The minimum absolute atomic E-state index is 0.0922. The molecule has 0 radical (unpaired) electrons. The van der Waals surface area contributed by atoms with Crippen LogP contribution in [-0.2, 0) is 9.84 Å². The molecule has 0 aromatic heterocycles. The van der Waals surface area contributed by atoms with Crippen LogP contribution in [0, 0.1) is 5.82 Å². The zero-order valence-electron chi connectivity index (χ0n) is 11.4. The molecule has 0 atom stereocenters. The molecular formula is C13H19FN2O3S. The van der Waals surface area contributed by atoms with Crippen molar-refractivity contribution in [3.8, 4) is 5.75 Å². The van der Waals surface area contributed by atoms with E-state index < -0.39 is 15.7 Å². The molecule has 1 aromatic rings. The third-order valence-electron chi connectivity index (χ3n) is 3.23. The van der Waals surface area contributed by atoms with E-state index in [9.17, 15) is 12.8 Å². The maximum Gasteiger partial charge on any atom is 0.167 e. The van der Waals surface area contributed by atoms with Gasteiger partial charge < -0.3 is 15.4 Å². The highest BCUT2D eigenvalue weighted by atomic mass is 32.2. The minimum atomic E-state index is -2.96. The van der Waals surface area contributed by atoms with Crippen molar-refractivity contribution in [3.05, 3.63) is 17.9 Å². The second-order valence-electron chi connectivity index (χ2n) is 4.83. The molecule has 1 aliphatic heterocycles. The van der Waals surface area contributed by atoms with Crippen molar-refractivity contribution in [3.63, 3.8) is 0 Å². The Labute approximate surface area is 118 Å². The van der Waals surface area contributed by atoms with E-state index in [4.69, 9.17) is 10.5 Å². The van der Waals surface area contributed by atoms with Crippen molar-refractivity contribution in [2.45, 2.75) is 13.3 Å². The summed E-state index contributed by atoms with van der Waals surface area (Å²) in [5.74, 6) is -0.155. The average Bonchev–Trinajstić information content (AvgIpc) is 2.38. The quantitative estimate of drug-likeness (QED) is 0.852. The molecular weight excluding hydrogens is 283 g/mol. The first kappa shape index (κ1) is 14.9. The average molecular weight is 302 g/mol. The number of nitrogen functional groups attached to an aromatic ring is 1. The topological polar surface area (TPSA) is 72.6 Å². The van der Waals surface area contributed by atoms with Gasteiger partial charge in [-0.2, -0.15) is 0 Å². The van der Waals surface area contributed by atoms with Crippen LogP contribution in [0.4, 0.5) is 15.8 Å². The van der Waals surface area contributed by atoms with Gasteiger partial charge in [-0.15, -0.1) is 0 Å². The predicted molar refractivity (Wildman–Crippen MR) is 77.5 cm³/mol. The summed E-state index contributed by atoms with van der Waals surface area (Å²) < 4.78 is 41.9. The normalized spacial score (nSPS) is 18.0. The number of rotatable bonds is 4. The Bertz CT molecular complexity index is 576. The van der Waals surface area contributed by atoms with Gasteiger partial charge in [0.1, 0.15) is 0 Å². The molecule has 1 saturated heterocycles. The van der Waals surface area contributed by atoms with Crippen LogP contribution in [0.3, 0.4) is 0 Å². The van der Waals surface area contributed by atoms with Crippen LogP contribution >= 0.6 is 0 Å². The Kier molecular flexibility index (Phi) is 4.37. The monoisotopic (exact) mass is 302 g/mol. The number of nitrogens with zero attached hydrogens (tertiary/aromatic N) is 1. The number of nitrogens with two attached hydrogens (primary N) is 1. The molecule has 0 saturated carbocycles. The minimum Gasteiger partial charge on any atom is -0.490 e. The molecule has 7 heteroatoms. The van der Waals surface area contributed by atoms with Crippen molar-refractivity contribution >= 4 is 21.2 Å². The highest BCUT2D eigenvalue weighted by molar-refractivity contribution is 7.91. The molecule has 2 N–H and O–H groups in total. The molecule has 1 aromatic carbocycles. The number of hydrogen-bond donors (Lipinski definition) is 1. The Balaban J connectivity index is 2.23. The van der Waals surface area contributed by atoms with Gasteiger partial charge in [-0.3, -0.25) is 0 Å². The van der Waals surface area contributed by atoms with Gasteiger partial charge in [0.15, 0.2) is 21.4 Å². The van der Waals surface area contributed by atoms with Gasteiger partial charge in [-0.1, -0.05) is 6.92 Å². The van der Waals surface area contributed by atoms with Crippen LogP contribution < -0.4 is 15.4 Å². The molecule has 112 valence electrons. The molecule has 1 aliphatic rings. The SMILES string of the molecule is CCCOc1cc(N2CCS(=O)(=O)CC2)c(N)cc1F. The van der Waals surface area contributed by atoms with E-state index >= 15 is 0 Å². The number of ether oxygens (including phenoxy) is 1. The first-order valence-electron chi connectivity index (χ1n) is 6.60. The summed E-state index contributed by atoms with van der Waals surface area (Å²) in [5, 5.41) is 0. The third kappa shape index (κ3) is 3.33. The van der Waals surface area contributed by atoms with Crippen molar-refractivity contribution in [1.82, 2.24) is 0 Å². The van der Waals surface area contributed by atoms with Crippen molar-refractivity contribution < 1.29 is 17.5 Å². The standard InChI is InChI=1S/C13H19FN2O3S/c1-2-5-19-13-9-12(11(15)8-10(13)14)16-3-6-20(17,18)7-4-16/h8-9H,2-7,15H2,1H3. The molecule has 0 unspecified atom stereocenters. The molecule has 0 spiro atoms. The van der Waals surface area contributed by atoms with Crippen LogP contribution in [0.25, 0.3) is 0 Å². The molecule has 0 aliphatic carbocycles. The smallest absolute Gasteiger partial charge is 0.167 e. The number of anilines is 2. The lowest BCUT2D eigenvalue weighted by Gasteiger charge is -2.30. The van der Waals surface area contributed by atoms with Crippen molar-refractivity contribution in [2.24, 2.45) is 0 Å². The van der Waals surface area contributed by atoms with E-state index in [1.807, 2.05) is 11.8 Å². The fraction of sp³-hybridized carbons (Fsp3) is 0.538. The Morgan fingerprint density at radius 2 is 2.00 bits per heavy atom. The van der Waals surface area contributed by atoms with E-state index in [0.717, 1.165) is 6.42 Å².